The Morgan fingerprint density at radius 3 is 2.94 bits per heavy atom. The fourth-order valence-electron chi connectivity index (χ4n) is 1.45. The summed E-state index contributed by atoms with van der Waals surface area (Å²) in [4.78, 5) is 4.36. The molecule has 1 aromatic heterocycles. The normalized spacial score (nSPS) is 10.6. The van der Waals surface area contributed by atoms with Crippen LogP contribution in [0.3, 0.4) is 0 Å². The highest BCUT2D eigenvalue weighted by atomic mass is 32.2. The summed E-state index contributed by atoms with van der Waals surface area (Å²) in [5.41, 5.74) is 2.61. The molecular weight excluding hydrogens is 218 g/mol. The van der Waals surface area contributed by atoms with Crippen molar-refractivity contribution in [2.45, 2.75) is 31.2 Å². The van der Waals surface area contributed by atoms with Crippen LogP contribution >= 0.6 is 11.8 Å². The molecule has 4 heteroatoms. The van der Waals surface area contributed by atoms with Crippen molar-refractivity contribution in [1.29, 1.82) is 0 Å². The average Bonchev–Trinajstić information content (AvgIpc) is 2.74. The van der Waals surface area contributed by atoms with Crippen LogP contribution in [0.4, 0.5) is 0 Å². The molecular formula is C12H15N3S. The van der Waals surface area contributed by atoms with Gasteiger partial charge in [-0.2, -0.15) is 0 Å². The maximum atomic E-state index is 4.36. The van der Waals surface area contributed by atoms with E-state index in [1.165, 1.54) is 11.1 Å². The van der Waals surface area contributed by atoms with Gasteiger partial charge in [-0.05, 0) is 12.5 Å². The molecule has 0 unspecified atom stereocenters. The molecule has 0 saturated heterocycles. The predicted octanol–water partition coefficient (Wildman–Crippen LogP) is 2.97. The molecule has 1 aromatic carbocycles. The molecule has 0 bridgehead atoms. The summed E-state index contributed by atoms with van der Waals surface area (Å²) in [6.07, 6.45) is 0.901. The number of hydrogen-bond acceptors (Lipinski definition) is 3. The minimum Gasteiger partial charge on any atom is -0.262 e. The molecule has 3 nitrogen and oxygen atoms in total. The van der Waals surface area contributed by atoms with E-state index in [-0.39, 0.29) is 0 Å². The van der Waals surface area contributed by atoms with Crippen molar-refractivity contribution in [3.8, 4) is 0 Å². The third-order valence-electron chi connectivity index (χ3n) is 2.30. The van der Waals surface area contributed by atoms with Gasteiger partial charge in [0.05, 0.1) is 0 Å². The fourth-order valence-corrected chi connectivity index (χ4v) is 2.21. The Labute approximate surface area is 99.7 Å². The predicted molar refractivity (Wildman–Crippen MR) is 66.5 cm³/mol. The summed E-state index contributed by atoms with van der Waals surface area (Å²) < 4.78 is 0. The molecule has 84 valence electrons. The van der Waals surface area contributed by atoms with Crippen molar-refractivity contribution >= 4 is 11.8 Å². The van der Waals surface area contributed by atoms with Gasteiger partial charge in [0.1, 0.15) is 5.82 Å². The topological polar surface area (TPSA) is 41.6 Å². The van der Waals surface area contributed by atoms with E-state index in [0.29, 0.717) is 0 Å². The second-order valence-corrected chi connectivity index (χ2v) is 4.64. The number of nitrogens with one attached hydrogen (secondary N) is 1. The zero-order valence-electron chi connectivity index (χ0n) is 9.53. The number of benzene rings is 1. The Balaban J connectivity index is 1.96. The maximum Gasteiger partial charge on any atom is 0.208 e. The van der Waals surface area contributed by atoms with Crippen molar-refractivity contribution in [3.05, 3.63) is 41.2 Å². The van der Waals surface area contributed by atoms with Gasteiger partial charge in [0, 0.05) is 12.2 Å². The van der Waals surface area contributed by atoms with Gasteiger partial charge in [-0.15, -0.1) is 5.10 Å². The van der Waals surface area contributed by atoms with Gasteiger partial charge >= 0.3 is 0 Å². The van der Waals surface area contributed by atoms with E-state index in [9.17, 15) is 0 Å². The van der Waals surface area contributed by atoms with E-state index in [2.05, 4.69) is 53.3 Å². The highest BCUT2D eigenvalue weighted by molar-refractivity contribution is 7.98. The van der Waals surface area contributed by atoms with Crippen molar-refractivity contribution < 1.29 is 0 Å². The molecule has 0 aliphatic carbocycles. The number of aromatic nitrogens is 3. The van der Waals surface area contributed by atoms with Crippen molar-refractivity contribution in [2.75, 3.05) is 0 Å². The fraction of sp³-hybridized carbons (Fsp3) is 0.333. The molecule has 0 atom stereocenters. The first-order chi connectivity index (χ1) is 7.78. The Morgan fingerprint density at radius 2 is 2.25 bits per heavy atom. The van der Waals surface area contributed by atoms with Crippen molar-refractivity contribution in [3.63, 3.8) is 0 Å². The van der Waals surface area contributed by atoms with Gasteiger partial charge in [0.25, 0.3) is 0 Å². The maximum absolute atomic E-state index is 4.36. The Bertz CT molecular complexity index is 465. The van der Waals surface area contributed by atoms with Crippen LogP contribution in [0, 0.1) is 6.92 Å². The van der Waals surface area contributed by atoms with E-state index in [1.807, 2.05) is 0 Å². The number of hydrogen-bond donors (Lipinski definition) is 1. The molecule has 2 rings (SSSR count). The van der Waals surface area contributed by atoms with Gasteiger partial charge in [-0.3, -0.25) is 5.10 Å². The lowest BCUT2D eigenvalue weighted by atomic mass is 10.2. The number of aryl methyl sites for hydroxylation is 2. The molecule has 0 spiro atoms. The van der Waals surface area contributed by atoms with Gasteiger partial charge in [0.15, 0.2) is 0 Å². The lowest BCUT2D eigenvalue weighted by molar-refractivity contribution is 0.941. The van der Waals surface area contributed by atoms with Gasteiger partial charge < -0.3 is 0 Å². The molecule has 0 fully saturated rings. The summed E-state index contributed by atoms with van der Waals surface area (Å²) in [5, 5.41) is 7.90. The van der Waals surface area contributed by atoms with Crippen LogP contribution < -0.4 is 0 Å². The molecule has 0 saturated carbocycles. The van der Waals surface area contributed by atoms with Crippen LogP contribution in [0.5, 0.6) is 0 Å². The zero-order chi connectivity index (χ0) is 11.4. The molecule has 0 amide bonds. The lowest BCUT2D eigenvalue weighted by Gasteiger charge is -1.99. The van der Waals surface area contributed by atoms with Gasteiger partial charge in [0.2, 0.25) is 5.16 Å². The van der Waals surface area contributed by atoms with Crippen LogP contribution in [-0.2, 0) is 12.2 Å². The van der Waals surface area contributed by atoms with Crippen LogP contribution in [0.1, 0.15) is 23.9 Å². The third kappa shape index (κ3) is 2.85. The Kier molecular flexibility index (Phi) is 3.62. The van der Waals surface area contributed by atoms with Crippen LogP contribution in [0.25, 0.3) is 0 Å². The molecule has 2 aromatic rings. The smallest absolute Gasteiger partial charge is 0.208 e. The van der Waals surface area contributed by atoms with Crippen molar-refractivity contribution in [1.82, 2.24) is 15.2 Å². The summed E-state index contributed by atoms with van der Waals surface area (Å²) in [6.45, 7) is 4.17. The Morgan fingerprint density at radius 1 is 1.38 bits per heavy atom. The second kappa shape index (κ2) is 5.16. The minimum absolute atomic E-state index is 0.832. The van der Waals surface area contributed by atoms with E-state index < -0.39 is 0 Å². The number of aromatic amines is 1. The van der Waals surface area contributed by atoms with Gasteiger partial charge in [-0.1, -0.05) is 48.5 Å². The van der Waals surface area contributed by atoms with E-state index in [0.717, 1.165) is 23.2 Å². The van der Waals surface area contributed by atoms with Gasteiger partial charge in [-0.25, -0.2) is 4.98 Å². The third-order valence-corrected chi connectivity index (χ3v) is 3.21. The second-order valence-electron chi connectivity index (χ2n) is 3.70. The number of nitrogens with zero attached hydrogens (tertiary/aromatic N) is 2. The first-order valence-electron chi connectivity index (χ1n) is 5.37. The highest BCUT2D eigenvalue weighted by Gasteiger charge is 2.02. The standard InChI is InChI=1S/C12H15N3S/c1-3-11-13-12(15-14-11)16-8-10-6-4-5-9(2)7-10/h4-7H,3,8H2,1-2H3,(H,13,14,15). The average molecular weight is 233 g/mol. The monoisotopic (exact) mass is 233 g/mol. The largest absolute Gasteiger partial charge is 0.262 e. The molecule has 16 heavy (non-hydrogen) atoms. The molecule has 0 radical (unpaired) electrons. The van der Waals surface area contributed by atoms with E-state index >= 15 is 0 Å². The molecule has 0 aliphatic rings. The number of thioether (sulfide) groups is 1. The first-order valence-corrected chi connectivity index (χ1v) is 6.36. The quantitative estimate of drug-likeness (QED) is 0.825. The summed E-state index contributed by atoms with van der Waals surface area (Å²) >= 11 is 1.66. The Hall–Kier alpha value is -1.29. The van der Waals surface area contributed by atoms with E-state index in [1.54, 1.807) is 11.8 Å². The molecule has 1 heterocycles. The van der Waals surface area contributed by atoms with Crippen LogP contribution in [0.2, 0.25) is 0 Å². The van der Waals surface area contributed by atoms with Crippen LogP contribution in [-0.4, -0.2) is 15.2 Å². The highest BCUT2D eigenvalue weighted by Crippen LogP contribution is 2.19. The minimum atomic E-state index is 0.832. The lowest BCUT2D eigenvalue weighted by Crippen LogP contribution is -1.83. The number of H-pyrrole nitrogens is 1. The summed E-state index contributed by atoms with van der Waals surface area (Å²) in [5.74, 6) is 1.87. The van der Waals surface area contributed by atoms with Crippen molar-refractivity contribution in [2.24, 2.45) is 0 Å². The molecule has 1 N–H and O–H groups in total. The zero-order valence-corrected chi connectivity index (χ0v) is 10.3. The van der Waals surface area contributed by atoms with Crippen LogP contribution in [0.15, 0.2) is 29.4 Å². The van der Waals surface area contributed by atoms with E-state index in [4.69, 9.17) is 0 Å². The first kappa shape index (κ1) is 11.2. The SMILES string of the molecule is CCc1nc(SCc2cccc(C)c2)n[nH]1. The summed E-state index contributed by atoms with van der Waals surface area (Å²) in [7, 11) is 0. The molecule has 0 aliphatic heterocycles. The number of rotatable bonds is 4. The summed E-state index contributed by atoms with van der Waals surface area (Å²) in [6, 6.07) is 8.52.